The molecule has 1 rings (SSSR count). The van der Waals surface area contributed by atoms with Crippen LogP contribution in [0.5, 0.6) is 0 Å². The lowest BCUT2D eigenvalue weighted by atomic mass is 10.2. The van der Waals surface area contributed by atoms with Crippen LogP contribution in [-0.2, 0) is 4.79 Å². The molecule has 0 aliphatic carbocycles. The number of amides is 1. The zero-order valence-corrected chi connectivity index (χ0v) is 10.7. The third kappa shape index (κ3) is 4.95. The van der Waals surface area contributed by atoms with Crippen molar-refractivity contribution in [2.24, 2.45) is 0 Å². The number of hydrogen-bond acceptors (Lipinski definition) is 3. The lowest BCUT2D eigenvalue weighted by Gasteiger charge is -2.15. The summed E-state index contributed by atoms with van der Waals surface area (Å²) in [6, 6.07) is 6.01. The van der Waals surface area contributed by atoms with Gasteiger partial charge >= 0.3 is 0 Å². The minimum atomic E-state index is -0.0533. The van der Waals surface area contributed by atoms with E-state index in [2.05, 4.69) is 29.5 Å². The fourth-order valence-electron chi connectivity index (χ4n) is 1.41. The molecule has 2 atom stereocenters. The van der Waals surface area contributed by atoms with E-state index in [1.807, 2.05) is 25.1 Å². The third-order valence-corrected chi connectivity index (χ3v) is 2.73. The van der Waals surface area contributed by atoms with Crippen LogP contribution in [0.1, 0.15) is 38.9 Å². The predicted octanol–water partition coefficient (Wildman–Crippen LogP) is 1.65. The van der Waals surface area contributed by atoms with Crippen molar-refractivity contribution in [2.75, 3.05) is 6.54 Å². The van der Waals surface area contributed by atoms with E-state index in [1.165, 1.54) is 0 Å². The van der Waals surface area contributed by atoms with Gasteiger partial charge in [-0.15, -0.1) is 0 Å². The molecule has 4 nitrogen and oxygen atoms in total. The summed E-state index contributed by atoms with van der Waals surface area (Å²) in [5.41, 5.74) is 0.879. The number of nitrogens with zero attached hydrogens (tertiary/aromatic N) is 1. The Hall–Kier alpha value is -1.42. The molecule has 0 saturated carbocycles. The first-order valence-corrected chi connectivity index (χ1v) is 6.07. The number of carbonyl (C=O) groups is 1. The zero-order chi connectivity index (χ0) is 12.7. The summed E-state index contributed by atoms with van der Waals surface area (Å²) in [7, 11) is 0. The van der Waals surface area contributed by atoms with Gasteiger partial charge in [-0.05, 0) is 32.4 Å². The monoisotopic (exact) mass is 235 g/mol. The van der Waals surface area contributed by atoms with Gasteiger partial charge in [0.25, 0.3) is 0 Å². The Morgan fingerprint density at radius 1 is 1.41 bits per heavy atom. The first-order valence-electron chi connectivity index (χ1n) is 6.07. The highest BCUT2D eigenvalue weighted by molar-refractivity contribution is 5.78. The molecule has 1 amide bonds. The number of pyridine rings is 1. The molecule has 0 aromatic carbocycles. The van der Waals surface area contributed by atoms with Crippen molar-refractivity contribution in [1.82, 2.24) is 15.6 Å². The number of rotatable bonds is 6. The average molecular weight is 235 g/mol. The summed E-state index contributed by atoms with van der Waals surface area (Å²) >= 11 is 0. The molecule has 4 heteroatoms. The Kier molecular flexibility index (Phi) is 5.63. The molecule has 94 valence electrons. The maximum Gasteiger partial charge on any atom is 0.234 e. The van der Waals surface area contributed by atoms with Crippen molar-refractivity contribution in [2.45, 2.75) is 39.3 Å². The van der Waals surface area contributed by atoms with Crippen LogP contribution < -0.4 is 10.6 Å². The summed E-state index contributed by atoms with van der Waals surface area (Å²) in [6.45, 7) is 6.44. The number of hydrogen-bond donors (Lipinski definition) is 2. The minimum absolute atomic E-state index is 0.00320. The molecule has 0 bridgehead atoms. The molecule has 1 heterocycles. The molecule has 17 heavy (non-hydrogen) atoms. The van der Waals surface area contributed by atoms with Crippen LogP contribution in [0.2, 0.25) is 0 Å². The van der Waals surface area contributed by atoms with Crippen LogP contribution in [0, 0.1) is 0 Å². The highest BCUT2D eigenvalue weighted by atomic mass is 16.1. The van der Waals surface area contributed by atoms with Crippen molar-refractivity contribution >= 4 is 5.91 Å². The van der Waals surface area contributed by atoms with E-state index < -0.39 is 0 Å². The molecular weight excluding hydrogens is 214 g/mol. The number of nitrogens with one attached hydrogen (secondary N) is 2. The van der Waals surface area contributed by atoms with Gasteiger partial charge in [0.1, 0.15) is 0 Å². The Morgan fingerprint density at radius 3 is 2.76 bits per heavy atom. The van der Waals surface area contributed by atoms with Crippen molar-refractivity contribution < 1.29 is 4.79 Å². The smallest absolute Gasteiger partial charge is 0.234 e. The lowest BCUT2D eigenvalue weighted by Crippen LogP contribution is -2.38. The zero-order valence-electron chi connectivity index (χ0n) is 10.7. The van der Waals surface area contributed by atoms with Crippen LogP contribution in [0.4, 0.5) is 0 Å². The molecule has 0 radical (unpaired) electrons. The molecule has 0 fully saturated rings. The standard InChI is InChI=1S/C13H21N3O/c1-4-10(2)15-9-13(17)16-11(3)12-7-5-6-8-14-12/h5-8,10-11,15H,4,9H2,1-3H3,(H,16,17)/t10?,11-/m0/s1. The van der Waals surface area contributed by atoms with Gasteiger partial charge < -0.3 is 10.6 Å². The largest absolute Gasteiger partial charge is 0.347 e. The van der Waals surface area contributed by atoms with E-state index in [9.17, 15) is 4.79 Å². The van der Waals surface area contributed by atoms with E-state index >= 15 is 0 Å². The summed E-state index contributed by atoms with van der Waals surface area (Å²) in [5.74, 6) is 0.00320. The first-order chi connectivity index (χ1) is 8.13. The van der Waals surface area contributed by atoms with Crippen molar-refractivity contribution in [3.63, 3.8) is 0 Å². The number of aromatic nitrogens is 1. The van der Waals surface area contributed by atoms with Gasteiger partial charge in [-0.25, -0.2) is 0 Å². The molecule has 1 aromatic heterocycles. The predicted molar refractivity (Wildman–Crippen MR) is 68.6 cm³/mol. The normalized spacial score (nSPS) is 14.1. The van der Waals surface area contributed by atoms with Crippen LogP contribution in [0.15, 0.2) is 24.4 Å². The minimum Gasteiger partial charge on any atom is -0.347 e. The molecule has 0 aliphatic heterocycles. The second-order valence-corrected chi connectivity index (χ2v) is 4.23. The maximum absolute atomic E-state index is 11.6. The Bertz CT molecular complexity index is 340. The summed E-state index contributed by atoms with van der Waals surface area (Å²) in [6.07, 6.45) is 2.75. The number of carbonyl (C=O) groups excluding carboxylic acids is 1. The third-order valence-electron chi connectivity index (χ3n) is 2.73. The summed E-state index contributed by atoms with van der Waals surface area (Å²) < 4.78 is 0. The molecule has 0 aliphatic rings. The van der Waals surface area contributed by atoms with Gasteiger partial charge in [0.15, 0.2) is 0 Å². The second-order valence-electron chi connectivity index (χ2n) is 4.23. The van der Waals surface area contributed by atoms with E-state index in [0.29, 0.717) is 12.6 Å². The topological polar surface area (TPSA) is 54.0 Å². The van der Waals surface area contributed by atoms with Gasteiger partial charge in [-0.1, -0.05) is 13.0 Å². The first kappa shape index (κ1) is 13.6. The fourth-order valence-corrected chi connectivity index (χ4v) is 1.41. The molecule has 1 unspecified atom stereocenters. The van der Waals surface area contributed by atoms with Gasteiger partial charge in [0.05, 0.1) is 18.3 Å². The van der Waals surface area contributed by atoms with Crippen LogP contribution in [-0.4, -0.2) is 23.5 Å². The fraction of sp³-hybridized carbons (Fsp3) is 0.538. The summed E-state index contributed by atoms with van der Waals surface area (Å²) in [5, 5.41) is 6.07. The Morgan fingerprint density at radius 2 is 2.18 bits per heavy atom. The Labute approximate surface area is 103 Å². The quantitative estimate of drug-likeness (QED) is 0.788. The molecule has 2 N–H and O–H groups in total. The second kappa shape index (κ2) is 7.01. The van der Waals surface area contributed by atoms with Gasteiger partial charge in [-0.3, -0.25) is 9.78 Å². The van der Waals surface area contributed by atoms with E-state index in [-0.39, 0.29) is 11.9 Å². The Balaban J connectivity index is 2.36. The molecular formula is C13H21N3O. The molecule has 0 saturated heterocycles. The van der Waals surface area contributed by atoms with E-state index in [1.54, 1.807) is 6.20 Å². The van der Waals surface area contributed by atoms with E-state index in [4.69, 9.17) is 0 Å². The van der Waals surface area contributed by atoms with Crippen molar-refractivity contribution in [3.8, 4) is 0 Å². The van der Waals surface area contributed by atoms with Crippen molar-refractivity contribution in [3.05, 3.63) is 30.1 Å². The van der Waals surface area contributed by atoms with Crippen LogP contribution in [0.25, 0.3) is 0 Å². The van der Waals surface area contributed by atoms with Gasteiger partial charge in [-0.2, -0.15) is 0 Å². The highest BCUT2D eigenvalue weighted by Gasteiger charge is 2.10. The van der Waals surface area contributed by atoms with Gasteiger partial charge in [0.2, 0.25) is 5.91 Å². The van der Waals surface area contributed by atoms with Crippen LogP contribution in [0.3, 0.4) is 0 Å². The van der Waals surface area contributed by atoms with Gasteiger partial charge in [0, 0.05) is 12.2 Å². The van der Waals surface area contributed by atoms with Crippen LogP contribution >= 0.6 is 0 Å². The maximum atomic E-state index is 11.6. The van der Waals surface area contributed by atoms with Crippen molar-refractivity contribution in [1.29, 1.82) is 0 Å². The van der Waals surface area contributed by atoms with E-state index in [0.717, 1.165) is 12.1 Å². The SMILES string of the molecule is CCC(C)NCC(=O)N[C@@H](C)c1ccccn1. The molecule has 1 aromatic rings. The molecule has 0 spiro atoms. The lowest BCUT2D eigenvalue weighted by molar-refractivity contribution is -0.121. The summed E-state index contributed by atoms with van der Waals surface area (Å²) in [4.78, 5) is 15.9. The highest BCUT2D eigenvalue weighted by Crippen LogP contribution is 2.06. The average Bonchev–Trinajstić information content (AvgIpc) is 2.36.